The van der Waals surface area contributed by atoms with Crippen LogP contribution in [0.25, 0.3) is 0 Å². The number of aliphatic carboxylic acids is 1. The molecule has 2 fully saturated rings. The molecular formula is C18H22BrNO3. The zero-order chi connectivity index (χ0) is 16.7. The minimum atomic E-state index is -0.821. The third-order valence-corrected chi connectivity index (χ3v) is 6.04. The zero-order valence-electron chi connectivity index (χ0n) is 13.3. The molecule has 0 bridgehead atoms. The average Bonchev–Trinajstić information content (AvgIpc) is 2.48. The predicted molar refractivity (Wildman–Crippen MR) is 91.2 cm³/mol. The van der Waals surface area contributed by atoms with Gasteiger partial charge in [-0.05, 0) is 50.3 Å². The molecule has 1 unspecified atom stereocenters. The van der Waals surface area contributed by atoms with E-state index in [2.05, 4.69) is 15.9 Å². The fourth-order valence-electron chi connectivity index (χ4n) is 3.82. The summed E-state index contributed by atoms with van der Waals surface area (Å²) in [4.78, 5) is 26.6. The molecule has 2 aliphatic rings. The van der Waals surface area contributed by atoms with Gasteiger partial charge in [0, 0.05) is 17.6 Å². The summed E-state index contributed by atoms with van der Waals surface area (Å²) in [5.74, 6) is -0.695. The molecule has 23 heavy (non-hydrogen) atoms. The molecule has 1 aliphatic heterocycles. The molecule has 0 spiro atoms. The number of hydrogen-bond donors (Lipinski definition) is 1. The first-order valence-corrected chi connectivity index (χ1v) is 8.96. The number of halogens is 1. The lowest BCUT2D eigenvalue weighted by atomic mass is 9.63. The van der Waals surface area contributed by atoms with Crippen molar-refractivity contribution in [3.8, 4) is 0 Å². The quantitative estimate of drug-likeness (QED) is 0.872. The molecule has 0 aromatic heterocycles. The Labute approximate surface area is 145 Å². The highest BCUT2D eigenvalue weighted by Gasteiger charge is 2.50. The van der Waals surface area contributed by atoms with E-state index >= 15 is 0 Å². The fourth-order valence-corrected chi connectivity index (χ4v) is 4.08. The van der Waals surface area contributed by atoms with Crippen LogP contribution in [-0.2, 0) is 15.0 Å². The second kappa shape index (κ2) is 5.93. The Morgan fingerprint density at radius 2 is 1.78 bits per heavy atom. The highest BCUT2D eigenvalue weighted by atomic mass is 79.9. The molecule has 1 amide bonds. The van der Waals surface area contributed by atoms with E-state index in [1.807, 2.05) is 24.3 Å². The minimum Gasteiger partial charge on any atom is -0.481 e. The van der Waals surface area contributed by atoms with Gasteiger partial charge in [0.15, 0.2) is 0 Å². The van der Waals surface area contributed by atoms with E-state index in [9.17, 15) is 14.7 Å². The van der Waals surface area contributed by atoms with E-state index in [-0.39, 0.29) is 5.91 Å². The molecule has 1 aliphatic carbocycles. The number of carbonyl (C=O) groups is 2. The Kier molecular flexibility index (Phi) is 4.25. The first-order valence-electron chi connectivity index (χ1n) is 8.16. The van der Waals surface area contributed by atoms with Gasteiger partial charge in [-0.15, -0.1) is 0 Å². The molecule has 1 atom stereocenters. The third kappa shape index (κ3) is 2.80. The molecule has 1 saturated carbocycles. The lowest BCUT2D eigenvalue weighted by Crippen LogP contribution is -2.56. The fraction of sp³-hybridized carbons (Fsp3) is 0.556. The monoisotopic (exact) mass is 379 g/mol. The largest absolute Gasteiger partial charge is 0.481 e. The van der Waals surface area contributed by atoms with Crippen molar-refractivity contribution in [1.29, 1.82) is 0 Å². The minimum absolute atomic E-state index is 0.109. The van der Waals surface area contributed by atoms with Crippen LogP contribution in [0, 0.1) is 5.41 Å². The number of carboxylic acid groups (broad SMARTS) is 1. The van der Waals surface area contributed by atoms with Crippen LogP contribution >= 0.6 is 15.9 Å². The summed E-state index contributed by atoms with van der Waals surface area (Å²) in [5, 5.41) is 9.48. The summed E-state index contributed by atoms with van der Waals surface area (Å²) in [6, 6.07) is 7.98. The van der Waals surface area contributed by atoms with Gasteiger partial charge in [0.2, 0.25) is 5.91 Å². The highest BCUT2D eigenvalue weighted by molar-refractivity contribution is 9.10. The lowest BCUT2D eigenvalue weighted by Gasteiger charge is -2.47. The molecule has 3 rings (SSSR count). The highest BCUT2D eigenvalue weighted by Crippen LogP contribution is 2.46. The van der Waals surface area contributed by atoms with E-state index in [0.717, 1.165) is 35.7 Å². The van der Waals surface area contributed by atoms with Gasteiger partial charge in [0.1, 0.15) is 0 Å². The number of benzene rings is 1. The van der Waals surface area contributed by atoms with Gasteiger partial charge in [-0.1, -0.05) is 34.5 Å². The Balaban J connectivity index is 1.85. The maximum atomic E-state index is 13.2. The predicted octanol–water partition coefficient (Wildman–Crippen LogP) is 3.58. The number of likely N-dealkylation sites (tertiary alicyclic amines) is 1. The van der Waals surface area contributed by atoms with Crippen LogP contribution < -0.4 is 0 Å². The van der Waals surface area contributed by atoms with Gasteiger partial charge in [-0.25, -0.2) is 0 Å². The summed E-state index contributed by atoms with van der Waals surface area (Å²) in [6.45, 7) is 2.74. The van der Waals surface area contributed by atoms with Crippen LogP contribution in [0.4, 0.5) is 0 Å². The van der Waals surface area contributed by atoms with Gasteiger partial charge in [0.05, 0.1) is 10.8 Å². The normalized spacial score (nSPS) is 26.4. The summed E-state index contributed by atoms with van der Waals surface area (Å²) in [5.41, 5.74) is -0.213. The van der Waals surface area contributed by atoms with Crippen molar-refractivity contribution in [2.45, 2.75) is 44.4 Å². The second-order valence-electron chi connectivity index (χ2n) is 7.14. The molecule has 1 aromatic rings. The van der Waals surface area contributed by atoms with Crippen molar-refractivity contribution in [1.82, 2.24) is 4.90 Å². The Hall–Kier alpha value is -1.36. The zero-order valence-corrected chi connectivity index (χ0v) is 14.9. The molecule has 124 valence electrons. The topological polar surface area (TPSA) is 57.6 Å². The van der Waals surface area contributed by atoms with Crippen LogP contribution in [-0.4, -0.2) is 35.0 Å². The lowest BCUT2D eigenvalue weighted by molar-refractivity contribution is -0.156. The van der Waals surface area contributed by atoms with Gasteiger partial charge >= 0.3 is 5.97 Å². The van der Waals surface area contributed by atoms with Gasteiger partial charge in [-0.2, -0.15) is 0 Å². The molecule has 4 nitrogen and oxygen atoms in total. The molecule has 1 aromatic carbocycles. The Morgan fingerprint density at radius 1 is 1.13 bits per heavy atom. The van der Waals surface area contributed by atoms with Crippen LogP contribution in [0.3, 0.4) is 0 Å². The van der Waals surface area contributed by atoms with E-state index in [4.69, 9.17) is 0 Å². The van der Waals surface area contributed by atoms with E-state index < -0.39 is 16.8 Å². The van der Waals surface area contributed by atoms with Crippen LogP contribution in [0.15, 0.2) is 28.7 Å². The average molecular weight is 380 g/mol. The molecule has 0 radical (unpaired) electrons. The van der Waals surface area contributed by atoms with Crippen molar-refractivity contribution < 1.29 is 14.7 Å². The number of piperidine rings is 1. The summed E-state index contributed by atoms with van der Waals surface area (Å²) in [6.07, 6.45) is 4.15. The van der Waals surface area contributed by atoms with Crippen LogP contribution in [0.2, 0.25) is 0 Å². The molecule has 5 heteroatoms. The van der Waals surface area contributed by atoms with E-state index in [1.165, 1.54) is 0 Å². The molecular weight excluding hydrogens is 358 g/mol. The number of carboxylic acids is 1. The van der Waals surface area contributed by atoms with E-state index in [1.54, 1.807) is 11.8 Å². The summed E-state index contributed by atoms with van der Waals surface area (Å²) < 4.78 is 1.000. The maximum absolute atomic E-state index is 13.2. The van der Waals surface area contributed by atoms with Crippen molar-refractivity contribution in [3.63, 3.8) is 0 Å². The van der Waals surface area contributed by atoms with Gasteiger partial charge < -0.3 is 10.0 Å². The van der Waals surface area contributed by atoms with Gasteiger partial charge in [-0.3, -0.25) is 9.59 Å². The Bertz CT molecular complexity index is 624. The van der Waals surface area contributed by atoms with Crippen molar-refractivity contribution in [3.05, 3.63) is 34.3 Å². The first kappa shape index (κ1) is 16.5. The molecule has 1 N–H and O–H groups in total. The number of nitrogens with zero attached hydrogens (tertiary/aromatic N) is 1. The SMILES string of the molecule is CC1(C(=O)O)CCCN(C(=O)C2(c3ccc(Br)cc3)CCC2)C1. The molecule has 1 saturated heterocycles. The smallest absolute Gasteiger partial charge is 0.311 e. The van der Waals surface area contributed by atoms with Crippen molar-refractivity contribution in [2.75, 3.05) is 13.1 Å². The van der Waals surface area contributed by atoms with Crippen molar-refractivity contribution in [2.24, 2.45) is 5.41 Å². The number of rotatable bonds is 3. The second-order valence-corrected chi connectivity index (χ2v) is 8.05. The standard InChI is InChI=1S/C18H22BrNO3/c1-17(16(22)23)8-3-11-20(12-17)15(21)18(9-2-10-18)13-4-6-14(19)7-5-13/h4-7H,2-3,8-12H2,1H3,(H,22,23). The third-order valence-electron chi connectivity index (χ3n) is 5.51. The summed E-state index contributed by atoms with van der Waals surface area (Å²) in [7, 11) is 0. The van der Waals surface area contributed by atoms with Gasteiger partial charge in [0.25, 0.3) is 0 Å². The number of amides is 1. The van der Waals surface area contributed by atoms with Crippen LogP contribution in [0.1, 0.15) is 44.6 Å². The number of hydrogen-bond acceptors (Lipinski definition) is 2. The summed E-state index contributed by atoms with van der Waals surface area (Å²) >= 11 is 3.44. The maximum Gasteiger partial charge on any atom is 0.311 e. The van der Waals surface area contributed by atoms with Crippen LogP contribution in [0.5, 0.6) is 0 Å². The van der Waals surface area contributed by atoms with Crippen molar-refractivity contribution >= 4 is 27.8 Å². The first-order chi connectivity index (χ1) is 10.9. The number of carbonyl (C=O) groups excluding carboxylic acids is 1. The molecule has 1 heterocycles. The Morgan fingerprint density at radius 3 is 2.30 bits per heavy atom. The van der Waals surface area contributed by atoms with E-state index in [0.29, 0.717) is 19.5 Å².